The number of anilines is 1. The first-order valence-corrected chi connectivity index (χ1v) is 6.58. The van der Waals surface area contributed by atoms with Crippen molar-refractivity contribution in [3.63, 3.8) is 0 Å². The molecule has 1 spiro atoms. The number of nitrogens with zero attached hydrogens (tertiary/aromatic N) is 2. The highest BCUT2D eigenvalue weighted by Gasteiger charge is 2.47. The third-order valence-electron chi connectivity index (χ3n) is 3.88. The van der Waals surface area contributed by atoms with Gasteiger partial charge in [-0.05, 0) is 46.7 Å². The molecule has 3 rings (SSSR count). The predicted octanol–water partition coefficient (Wildman–Crippen LogP) is 3.35. The topological polar surface area (TPSA) is 46.4 Å². The third-order valence-corrected chi connectivity index (χ3v) is 4.51. The maximum Gasteiger partial charge on any atom is 0.270 e. The lowest BCUT2D eigenvalue weighted by molar-refractivity contribution is -0.384. The molecule has 1 saturated heterocycles. The first-order chi connectivity index (χ1) is 8.10. The molecule has 0 aromatic heterocycles. The van der Waals surface area contributed by atoms with Crippen LogP contribution in [0.1, 0.15) is 19.3 Å². The van der Waals surface area contributed by atoms with Crippen molar-refractivity contribution < 1.29 is 4.92 Å². The van der Waals surface area contributed by atoms with Crippen molar-refractivity contribution in [2.75, 3.05) is 18.0 Å². The van der Waals surface area contributed by atoms with Crippen LogP contribution in [0, 0.1) is 15.5 Å². The second-order valence-corrected chi connectivity index (χ2v) is 5.92. The molecular weight excluding hydrogens is 284 g/mol. The van der Waals surface area contributed by atoms with Crippen LogP contribution in [0.4, 0.5) is 11.4 Å². The quantitative estimate of drug-likeness (QED) is 0.621. The lowest BCUT2D eigenvalue weighted by atomic mass is 10.1. The number of rotatable bonds is 2. The minimum absolute atomic E-state index is 0.140. The summed E-state index contributed by atoms with van der Waals surface area (Å²) >= 11 is 3.44. The number of halogens is 1. The van der Waals surface area contributed by atoms with Crippen LogP contribution in [-0.4, -0.2) is 18.0 Å². The van der Waals surface area contributed by atoms with Gasteiger partial charge in [0.05, 0.1) is 10.6 Å². The fourth-order valence-corrected chi connectivity index (χ4v) is 3.21. The standard InChI is InChI=1S/C12H13BrN2O2/c13-10-7-9(15(16)17)1-2-11(10)14-6-5-12(8-14)3-4-12/h1-2,7H,3-6,8H2. The van der Waals surface area contributed by atoms with Crippen LogP contribution in [0.5, 0.6) is 0 Å². The summed E-state index contributed by atoms with van der Waals surface area (Å²) in [5, 5.41) is 10.7. The van der Waals surface area contributed by atoms with Crippen LogP contribution >= 0.6 is 15.9 Å². The van der Waals surface area contributed by atoms with Gasteiger partial charge in [-0.1, -0.05) is 0 Å². The van der Waals surface area contributed by atoms with E-state index in [9.17, 15) is 10.1 Å². The van der Waals surface area contributed by atoms with Crippen molar-refractivity contribution in [1.82, 2.24) is 0 Å². The Morgan fingerprint density at radius 1 is 1.35 bits per heavy atom. The molecule has 17 heavy (non-hydrogen) atoms. The fraction of sp³-hybridized carbons (Fsp3) is 0.500. The average molecular weight is 297 g/mol. The van der Waals surface area contributed by atoms with Gasteiger partial charge in [0.15, 0.2) is 0 Å². The molecule has 4 nitrogen and oxygen atoms in total. The Bertz CT molecular complexity index is 485. The van der Waals surface area contributed by atoms with Crippen LogP contribution in [0.25, 0.3) is 0 Å². The summed E-state index contributed by atoms with van der Waals surface area (Å²) in [5.74, 6) is 0. The van der Waals surface area contributed by atoms with E-state index in [0.29, 0.717) is 5.41 Å². The molecule has 90 valence electrons. The first kappa shape index (κ1) is 11.0. The Labute approximate surface area is 108 Å². The van der Waals surface area contributed by atoms with Crippen LogP contribution in [0.15, 0.2) is 22.7 Å². The number of hydrogen-bond acceptors (Lipinski definition) is 3. The van der Waals surface area contributed by atoms with E-state index in [2.05, 4.69) is 20.8 Å². The minimum atomic E-state index is -0.360. The maximum atomic E-state index is 10.7. The summed E-state index contributed by atoms with van der Waals surface area (Å²) in [4.78, 5) is 12.6. The van der Waals surface area contributed by atoms with E-state index in [4.69, 9.17) is 0 Å². The monoisotopic (exact) mass is 296 g/mol. The average Bonchev–Trinajstić information content (AvgIpc) is 2.90. The summed E-state index contributed by atoms with van der Waals surface area (Å²) in [7, 11) is 0. The van der Waals surface area contributed by atoms with Crippen molar-refractivity contribution in [2.24, 2.45) is 5.41 Å². The van der Waals surface area contributed by atoms with Gasteiger partial charge in [0.2, 0.25) is 0 Å². The van der Waals surface area contributed by atoms with Gasteiger partial charge in [0, 0.05) is 29.7 Å². The van der Waals surface area contributed by atoms with E-state index >= 15 is 0 Å². The molecule has 0 bridgehead atoms. The highest BCUT2D eigenvalue weighted by molar-refractivity contribution is 9.10. The Balaban J connectivity index is 1.86. The summed E-state index contributed by atoms with van der Waals surface area (Å²) in [5.41, 5.74) is 1.79. The van der Waals surface area contributed by atoms with Crippen LogP contribution in [-0.2, 0) is 0 Å². The summed E-state index contributed by atoms with van der Waals surface area (Å²) in [6.45, 7) is 2.17. The second kappa shape index (κ2) is 3.70. The second-order valence-electron chi connectivity index (χ2n) is 5.06. The Morgan fingerprint density at radius 3 is 2.65 bits per heavy atom. The molecule has 2 aliphatic rings. The van der Waals surface area contributed by atoms with E-state index < -0.39 is 0 Å². The van der Waals surface area contributed by atoms with Gasteiger partial charge in [0.25, 0.3) is 5.69 Å². The number of nitro groups is 1. The van der Waals surface area contributed by atoms with Crippen molar-refractivity contribution in [2.45, 2.75) is 19.3 Å². The molecule has 1 aromatic rings. The zero-order chi connectivity index (χ0) is 12.0. The molecule has 1 saturated carbocycles. The van der Waals surface area contributed by atoms with Gasteiger partial charge in [-0.3, -0.25) is 10.1 Å². The van der Waals surface area contributed by atoms with Gasteiger partial charge in [-0.15, -0.1) is 0 Å². The number of non-ortho nitro benzene ring substituents is 1. The zero-order valence-electron chi connectivity index (χ0n) is 9.36. The summed E-state index contributed by atoms with van der Waals surface area (Å²) in [6, 6.07) is 5.02. The van der Waals surface area contributed by atoms with Crippen molar-refractivity contribution in [3.05, 3.63) is 32.8 Å². The minimum Gasteiger partial charge on any atom is -0.370 e. The fourth-order valence-electron chi connectivity index (χ4n) is 2.59. The Hall–Kier alpha value is -1.10. The molecule has 0 atom stereocenters. The summed E-state index contributed by atoms with van der Waals surface area (Å²) in [6.07, 6.45) is 3.94. The van der Waals surface area contributed by atoms with Gasteiger partial charge < -0.3 is 4.90 Å². The number of benzene rings is 1. The molecule has 0 unspecified atom stereocenters. The molecule has 0 amide bonds. The molecule has 1 aromatic carbocycles. The largest absolute Gasteiger partial charge is 0.370 e. The van der Waals surface area contributed by atoms with Crippen LogP contribution in [0.2, 0.25) is 0 Å². The van der Waals surface area contributed by atoms with Gasteiger partial charge in [0.1, 0.15) is 0 Å². The highest BCUT2D eigenvalue weighted by atomic mass is 79.9. The van der Waals surface area contributed by atoms with Gasteiger partial charge in [-0.25, -0.2) is 0 Å². The highest BCUT2D eigenvalue weighted by Crippen LogP contribution is 2.53. The normalized spacial score (nSPS) is 20.9. The van der Waals surface area contributed by atoms with Crippen LogP contribution in [0.3, 0.4) is 0 Å². The Kier molecular flexibility index (Phi) is 2.40. The van der Waals surface area contributed by atoms with Crippen molar-refractivity contribution >= 4 is 27.3 Å². The maximum absolute atomic E-state index is 10.7. The molecule has 0 N–H and O–H groups in total. The molecule has 5 heteroatoms. The molecule has 1 heterocycles. The molecular formula is C12H13BrN2O2. The van der Waals surface area contributed by atoms with E-state index in [0.717, 1.165) is 23.2 Å². The first-order valence-electron chi connectivity index (χ1n) is 5.79. The number of hydrogen-bond donors (Lipinski definition) is 0. The van der Waals surface area contributed by atoms with E-state index in [1.165, 1.54) is 19.3 Å². The van der Waals surface area contributed by atoms with E-state index in [1.807, 2.05) is 6.07 Å². The SMILES string of the molecule is O=[N+]([O-])c1ccc(N2CCC3(CC3)C2)c(Br)c1. The molecule has 1 aliphatic carbocycles. The molecule has 0 radical (unpaired) electrons. The van der Waals surface area contributed by atoms with Gasteiger partial charge >= 0.3 is 0 Å². The van der Waals surface area contributed by atoms with E-state index in [-0.39, 0.29) is 10.6 Å². The third kappa shape index (κ3) is 1.92. The summed E-state index contributed by atoms with van der Waals surface area (Å²) < 4.78 is 0.824. The number of nitro benzene ring substituents is 1. The lowest BCUT2D eigenvalue weighted by Gasteiger charge is -2.19. The van der Waals surface area contributed by atoms with Crippen LogP contribution < -0.4 is 4.90 Å². The van der Waals surface area contributed by atoms with Crippen molar-refractivity contribution in [3.8, 4) is 0 Å². The molecule has 1 aliphatic heterocycles. The van der Waals surface area contributed by atoms with Gasteiger partial charge in [-0.2, -0.15) is 0 Å². The zero-order valence-corrected chi connectivity index (χ0v) is 10.9. The lowest BCUT2D eigenvalue weighted by Crippen LogP contribution is -2.20. The van der Waals surface area contributed by atoms with E-state index in [1.54, 1.807) is 12.1 Å². The van der Waals surface area contributed by atoms with Crippen molar-refractivity contribution in [1.29, 1.82) is 0 Å². The predicted molar refractivity (Wildman–Crippen MR) is 69.3 cm³/mol. The Morgan fingerprint density at radius 2 is 2.12 bits per heavy atom. The molecule has 2 fully saturated rings. The smallest absolute Gasteiger partial charge is 0.270 e.